The number of methoxy groups -OCH3 is 1. The van der Waals surface area contributed by atoms with Crippen LogP contribution < -0.4 is 14.5 Å². The van der Waals surface area contributed by atoms with Gasteiger partial charge in [-0.2, -0.15) is 17.5 Å². The van der Waals surface area contributed by atoms with Crippen LogP contribution in [0.4, 0.5) is 29.2 Å². The summed E-state index contributed by atoms with van der Waals surface area (Å²) in [6, 6.07) is 10.1. The fraction of sp³-hybridized carbons (Fsp3) is 0.393. The molecule has 10 nitrogen and oxygen atoms in total. The Balaban J connectivity index is 1.59. The Morgan fingerprint density at radius 3 is 2.42 bits per heavy atom. The molecule has 1 saturated heterocycles. The smallest absolute Gasteiger partial charge is 0.434 e. The molecule has 0 aliphatic carbocycles. The summed E-state index contributed by atoms with van der Waals surface area (Å²) >= 11 is 0. The molecule has 0 saturated carbocycles. The van der Waals surface area contributed by atoms with Crippen molar-refractivity contribution in [3.8, 4) is 5.75 Å². The van der Waals surface area contributed by atoms with Crippen LogP contribution in [0.1, 0.15) is 35.5 Å². The molecule has 1 N–H and O–H groups in total. The number of carboxylic acids is 1. The van der Waals surface area contributed by atoms with E-state index in [1.165, 1.54) is 26.3 Å². The summed E-state index contributed by atoms with van der Waals surface area (Å²) in [6.45, 7) is 4.30. The van der Waals surface area contributed by atoms with Crippen molar-refractivity contribution >= 4 is 27.6 Å². The zero-order valence-corrected chi connectivity index (χ0v) is 24.7. The molecule has 1 aliphatic rings. The number of aromatic nitrogens is 2. The summed E-state index contributed by atoms with van der Waals surface area (Å²) in [5, 5.41) is 9.18. The van der Waals surface area contributed by atoms with Gasteiger partial charge in [-0.05, 0) is 41.8 Å². The number of ether oxygens (including phenoxy) is 1. The predicted octanol–water partition coefficient (Wildman–Crippen LogP) is 4.51. The van der Waals surface area contributed by atoms with Crippen LogP contribution in [0.15, 0.2) is 53.6 Å². The normalized spacial score (nSPS) is 16.2. The number of nitrogens with zero attached hydrogens (tertiary/aromatic N) is 5. The van der Waals surface area contributed by atoms with E-state index in [-0.39, 0.29) is 38.0 Å². The first-order chi connectivity index (χ1) is 20.1. The second-order valence-electron chi connectivity index (χ2n) is 10.4. The molecular weight excluding hydrogens is 594 g/mol. The second kappa shape index (κ2) is 12.3. The Morgan fingerprint density at radius 2 is 1.84 bits per heavy atom. The highest BCUT2D eigenvalue weighted by molar-refractivity contribution is 7.89. The Kier molecular flexibility index (Phi) is 9.16. The van der Waals surface area contributed by atoms with E-state index < -0.39 is 50.2 Å². The number of anilines is 2. The molecule has 0 unspecified atom stereocenters. The summed E-state index contributed by atoms with van der Waals surface area (Å²) in [4.78, 5) is 21.7. The van der Waals surface area contributed by atoms with Gasteiger partial charge in [0.2, 0.25) is 16.0 Å². The average molecular weight is 626 g/mol. The average Bonchev–Trinajstić information content (AvgIpc) is 2.96. The molecular formula is C28H31F4N5O5S. The lowest BCUT2D eigenvalue weighted by molar-refractivity contribution is -0.141. The van der Waals surface area contributed by atoms with Crippen molar-refractivity contribution in [2.24, 2.45) is 5.92 Å². The van der Waals surface area contributed by atoms with Crippen LogP contribution >= 0.6 is 0 Å². The van der Waals surface area contributed by atoms with Crippen LogP contribution in [0.3, 0.4) is 0 Å². The lowest BCUT2D eigenvalue weighted by Gasteiger charge is -2.44. The van der Waals surface area contributed by atoms with E-state index >= 15 is 0 Å². The number of piperazine rings is 1. The van der Waals surface area contributed by atoms with Gasteiger partial charge in [0.15, 0.2) is 5.69 Å². The van der Waals surface area contributed by atoms with Crippen molar-refractivity contribution in [1.29, 1.82) is 0 Å². The Morgan fingerprint density at radius 1 is 1.16 bits per heavy atom. The van der Waals surface area contributed by atoms with Crippen molar-refractivity contribution in [3.05, 3.63) is 71.3 Å². The molecule has 0 spiro atoms. The number of benzene rings is 2. The molecule has 1 aromatic heterocycles. The van der Waals surface area contributed by atoms with E-state index in [0.717, 1.165) is 10.4 Å². The van der Waals surface area contributed by atoms with Crippen molar-refractivity contribution < 1.29 is 40.6 Å². The van der Waals surface area contributed by atoms with Gasteiger partial charge in [0, 0.05) is 45.1 Å². The van der Waals surface area contributed by atoms with Crippen LogP contribution in [0.25, 0.3) is 0 Å². The van der Waals surface area contributed by atoms with Gasteiger partial charge in [0.05, 0.1) is 13.2 Å². The van der Waals surface area contributed by atoms with Gasteiger partial charge in [0.1, 0.15) is 22.0 Å². The Bertz CT molecular complexity index is 1590. The number of sulfonamides is 1. The molecule has 0 bridgehead atoms. The standard InChI is InChI=1S/C28H31F4N5O5S/c1-17(2)23-16-36(11-12-37(23)27-33-14-21(26(38)39)25(34-27)28(30,31)32)19-7-10-22(29)24(13-19)43(40,41)35(3)15-18-5-8-20(42-4)9-6-18/h5-10,13-14,17,23H,11-12,15-16H2,1-4H3,(H,38,39)/t23-/m0/s1. The highest BCUT2D eigenvalue weighted by atomic mass is 32.2. The molecule has 15 heteroatoms. The minimum Gasteiger partial charge on any atom is -0.497 e. The lowest BCUT2D eigenvalue weighted by Crippen LogP contribution is -2.56. The van der Waals surface area contributed by atoms with Crippen LogP contribution in [-0.4, -0.2) is 73.6 Å². The maximum absolute atomic E-state index is 14.9. The minimum atomic E-state index is -5.00. The Hall–Kier alpha value is -3.98. The fourth-order valence-corrected chi connectivity index (χ4v) is 6.11. The maximum atomic E-state index is 14.9. The number of carboxylic acid groups (broad SMARTS) is 1. The molecule has 232 valence electrons. The third-order valence-electron chi connectivity index (χ3n) is 7.25. The summed E-state index contributed by atoms with van der Waals surface area (Å²) < 4.78 is 88.7. The minimum absolute atomic E-state index is 0.00925. The van der Waals surface area contributed by atoms with E-state index in [4.69, 9.17) is 4.74 Å². The number of rotatable bonds is 9. The zero-order chi connectivity index (χ0) is 31.7. The van der Waals surface area contributed by atoms with Crippen molar-refractivity contribution in [2.75, 3.05) is 43.6 Å². The number of hydrogen-bond acceptors (Lipinski definition) is 8. The van der Waals surface area contributed by atoms with Crippen molar-refractivity contribution in [1.82, 2.24) is 14.3 Å². The summed E-state index contributed by atoms with van der Waals surface area (Å²) in [6.07, 6.45) is -4.35. The maximum Gasteiger partial charge on any atom is 0.434 e. The second-order valence-corrected chi connectivity index (χ2v) is 12.4. The molecule has 0 amide bonds. The SMILES string of the molecule is COc1ccc(CN(C)S(=O)(=O)c2cc(N3CCN(c4ncc(C(=O)O)c(C(F)(F)F)n4)[C@H](C(C)C)C3)ccc2F)cc1. The molecule has 2 heterocycles. The van der Waals surface area contributed by atoms with E-state index in [0.29, 0.717) is 23.2 Å². The zero-order valence-electron chi connectivity index (χ0n) is 23.8. The highest BCUT2D eigenvalue weighted by Gasteiger charge is 2.40. The summed E-state index contributed by atoms with van der Waals surface area (Å²) in [7, 11) is -1.38. The van der Waals surface area contributed by atoms with Crippen LogP contribution in [0.5, 0.6) is 5.75 Å². The van der Waals surface area contributed by atoms with Gasteiger partial charge in [0.25, 0.3) is 0 Å². The monoisotopic (exact) mass is 625 g/mol. The topological polar surface area (TPSA) is 116 Å². The molecule has 1 aliphatic heterocycles. The van der Waals surface area contributed by atoms with E-state index in [1.807, 2.05) is 18.7 Å². The first-order valence-electron chi connectivity index (χ1n) is 13.2. The van der Waals surface area contributed by atoms with Gasteiger partial charge < -0.3 is 19.6 Å². The van der Waals surface area contributed by atoms with Crippen LogP contribution in [0, 0.1) is 11.7 Å². The van der Waals surface area contributed by atoms with E-state index in [9.17, 15) is 35.9 Å². The first kappa shape index (κ1) is 31.9. The highest BCUT2D eigenvalue weighted by Crippen LogP contribution is 2.34. The third-order valence-corrected chi connectivity index (χ3v) is 9.07. The lowest BCUT2D eigenvalue weighted by atomic mass is 9.99. The summed E-state index contributed by atoms with van der Waals surface area (Å²) in [5.74, 6) is -2.49. The van der Waals surface area contributed by atoms with Gasteiger partial charge in [-0.15, -0.1) is 0 Å². The predicted molar refractivity (Wildman–Crippen MR) is 150 cm³/mol. The van der Waals surface area contributed by atoms with Crippen molar-refractivity contribution in [2.45, 2.75) is 37.5 Å². The summed E-state index contributed by atoms with van der Waals surface area (Å²) in [5.41, 5.74) is -1.50. The van der Waals surface area contributed by atoms with Gasteiger partial charge in [-0.25, -0.2) is 27.6 Å². The molecule has 4 rings (SSSR count). The quantitative estimate of drug-likeness (QED) is 0.343. The van der Waals surface area contributed by atoms with Crippen LogP contribution in [0.2, 0.25) is 0 Å². The number of hydrogen-bond donors (Lipinski definition) is 1. The number of alkyl halides is 3. The van der Waals surface area contributed by atoms with Gasteiger partial charge >= 0.3 is 12.1 Å². The molecule has 0 radical (unpaired) electrons. The van der Waals surface area contributed by atoms with Gasteiger partial charge in [-0.3, -0.25) is 0 Å². The number of halogens is 4. The largest absolute Gasteiger partial charge is 0.497 e. The molecule has 2 aromatic carbocycles. The molecule has 3 aromatic rings. The Labute approximate surface area is 246 Å². The van der Waals surface area contributed by atoms with E-state index in [2.05, 4.69) is 9.97 Å². The number of aromatic carboxylic acids is 1. The fourth-order valence-electron chi connectivity index (χ4n) is 4.87. The van der Waals surface area contributed by atoms with E-state index in [1.54, 1.807) is 29.2 Å². The molecule has 1 fully saturated rings. The van der Waals surface area contributed by atoms with Gasteiger partial charge in [-0.1, -0.05) is 26.0 Å². The molecule has 43 heavy (non-hydrogen) atoms. The molecule has 1 atom stereocenters. The number of carbonyl (C=O) groups is 1. The first-order valence-corrected chi connectivity index (χ1v) is 14.7. The third kappa shape index (κ3) is 6.82. The van der Waals surface area contributed by atoms with Crippen LogP contribution in [-0.2, 0) is 22.7 Å². The van der Waals surface area contributed by atoms with Crippen molar-refractivity contribution in [3.63, 3.8) is 0 Å².